The van der Waals surface area contributed by atoms with Gasteiger partial charge in [0.1, 0.15) is 5.54 Å². The van der Waals surface area contributed by atoms with Crippen molar-refractivity contribution < 1.29 is 9.21 Å². The number of rotatable bonds is 4. The Morgan fingerprint density at radius 3 is 2.93 bits per heavy atom. The van der Waals surface area contributed by atoms with Crippen molar-refractivity contribution in [3.8, 4) is 0 Å². The molecular formula is C21H25ClN6O2. The number of nitrogens with one attached hydrogen (secondary N) is 1. The van der Waals surface area contributed by atoms with Gasteiger partial charge in [-0.3, -0.25) is 4.99 Å². The average molecular weight is 429 g/mol. The molecule has 3 heterocycles. The van der Waals surface area contributed by atoms with E-state index < -0.39 is 5.54 Å². The standard InChI is InChI=1S/C21H25ClN6O2/c1-12-8-15-11-21(10-12,19-27-26-13(2)30-19)28(15)20(29)25-14-4-5-17(22)16(9-14)18(23)6-7-24-3/h4-7,9,12,15H,8,10-11,23H2,1-3H3,(H,25,29)/b18-6-,24-7?/t12-,15?,21?/m1/s1. The molecule has 1 aromatic carbocycles. The van der Waals surface area contributed by atoms with Crippen molar-refractivity contribution in [2.75, 3.05) is 12.4 Å². The first-order valence-electron chi connectivity index (χ1n) is 9.93. The van der Waals surface area contributed by atoms with Crippen LogP contribution in [0.25, 0.3) is 5.70 Å². The fourth-order valence-corrected chi connectivity index (χ4v) is 4.91. The number of carbonyl (C=O) groups is 1. The number of nitrogens with two attached hydrogens (primary N) is 1. The number of amides is 2. The van der Waals surface area contributed by atoms with Crippen LogP contribution >= 0.6 is 11.6 Å². The summed E-state index contributed by atoms with van der Waals surface area (Å²) in [6, 6.07) is 5.19. The van der Waals surface area contributed by atoms with Crippen molar-refractivity contribution in [3.63, 3.8) is 0 Å². The Bertz CT molecular complexity index is 1030. The van der Waals surface area contributed by atoms with Gasteiger partial charge in [0, 0.05) is 49.6 Å². The van der Waals surface area contributed by atoms with Gasteiger partial charge in [0.15, 0.2) is 0 Å². The van der Waals surface area contributed by atoms with E-state index in [1.165, 1.54) is 0 Å². The molecule has 9 heteroatoms. The van der Waals surface area contributed by atoms with Crippen LogP contribution in [0.4, 0.5) is 10.5 Å². The fraction of sp³-hybridized carbons (Fsp3) is 0.429. The Kier molecular flexibility index (Phi) is 5.27. The Hall–Kier alpha value is -2.87. The Labute approximate surface area is 180 Å². The molecule has 3 atom stereocenters. The first kappa shape index (κ1) is 20.4. The number of hydrogen-bond acceptors (Lipinski definition) is 6. The van der Waals surface area contributed by atoms with Gasteiger partial charge in [0.05, 0.1) is 5.02 Å². The third-order valence-electron chi connectivity index (χ3n) is 5.83. The summed E-state index contributed by atoms with van der Waals surface area (Å²) in [5.41, 5.74) is 7.27. The van der Waals surface area contributed by atoms with Crippen LogP contribution in [-0.4, -0.2) is 40.4 Å². The minimum Gasteiger partial charge on any atom is -0.423 e. The molecule has 0 radical (unpaired) electrons. The van der Waals surface area contributed by atoms with Gasteiger partial charge in [-0.1, -0.05) is 18.5 Å². The maximum atomic E-state index is 13.3. The molecule has 30 heavy (non-hydrogen) atoms. The largest absolute Gasteiger partial charge is 0.423 e. The van der Waals surface area contributed by atoms with Crippen LogP contribution < -0.4 is 11.1 Å². The van der Waals surface area contributed by atoms with E-state index >= 15 is 0 Å². The number of benzene rings is 1. The normalized spacial score (nSPS) is 26.0. The van der Waals surface area contributed by atoms with E-state index in [2.05, 4.69) is 27.4 Å². The summed E-state index contributed by atoms with van der Waals surface area (Å²) < 4.78 is 5.75. The second kappa shape index (κ2) is 7.75. The van der Waals surface area contributed by atoms with Gasteiger partial charge in [-0.2, -0.15) is 0 Å². The summed E-state index contributed by atoms with van der Waals surface area (Å²) in [5.74, 6) is 1.50. The van der Waals surface area contributed by atoms with E-state index in [0.29, 0.717) is 39.7 Å². The summed E-state index contributed by atoms with van der Waals surface area (Å²) in [6.07, 6.45) is 5.86. The van der Waals surface area contributed by atoms with Gasteiger partial charge >= 0.3 is 6.03 Å². The number of carbonyl (C=O) groups excluding carboxylic acids is 1. The zero-order valence-electron chi connectivity index (χ0n) is 17.2. The molecule has 1 aromatic heterocycles. The van der Waals surface area contributed by atoms with Gasteiger partial charge in [-0.05, 0) is 43.0 Å². The van der Waals surface area contributed by atoms with E-state index in [9.17, 15) is 4.79 Å². The minimum absolute atomic E-state index is 0.151. The van der Waals surface area contributed by atoms with Gasteiger partial charge in [-0.25, -0.2) is 4.79 Å². The lowest BCUT2D eigenvalue weighted by Crippen LogP contribution is -2.70. The number of fused-ring (bicyclic) bond motifs is 2. The number of aliphatic imine (C=N–C) groups is 1. The summed E-state index contributed by atoms with van der Waals surface area (Å²) in [5, 5.41) is 11.7. The monoisotopic (exact) mass is 428 g/mol. The molecule has 0 saturated carbocycles. The highest BCUT2D eigenvalue weighted by Gasteiger charge is 2.62. The molecule has 0 spiro atoms. The Morgan fingerprint density at radius 2 is 2.23 bits per heavy atom. The number of nitrogens with zero attached hydrogens (tertiary/aromatic N) is 4. The molecule has 2 aliphatic rings. The number of piperidine rings is 1. The molecule has 8 nitrogen and oxygen atoms in total. The fourth-order valence-electron chi connectivity index (χ4n) is 4.69. The van der Waals surface area contributed by atoms with Crippen LogP contribution in [0.3, 0.4) is 0 Å². The molecule has 2 aliphatic heterocycles. The van der Waals surface area contributed by atoms with Crippen molar-refractivity contribution in [1.29, 1.82) is 0 Å². The number of aromatic nitrogens is 2. The maximum absolute atomic E-state index is 13.3. The van der Waals surface area contributed by atoms with Crippen molar-refractivity contribution in [2.24, 2.45) is 16.6 Å². The smallest absolute Gasteiger partial charge is 0.323 e. The van der Waals surface area contributed by atoms with Gasteiger partial charge in [0.25, 0.3) is 0 Å². The molecule has 2 bridgehead atoms. The van der Waals surface area contributed by atoms with Gasteiger partial charge < -0.3 is 20.4 Å². The van der Waals surface area contributed by atoms with Crippen LogP contribution in [0, 0.1) is 12.8 Å². The first-order valence-corrected chi connectivity index (χ1v) is 10.3. The predicted molar refractivity (Wildman–Crippen MR) is 116 cm³/mol. The first-order chi connectivity index (χ1) is 14.3. The van der Waals surface area contributed by atoms with Crippen molar-refractivity contribution in [3.05, 3.63) is 46.6 Å². The van der Waals surface area contributed by atoms with E-state index in [4.69, 9.17) is 21.8 Å². The van der Waals surface area contributed by atoms with E-state index in [1.807, 2.05) is 4.90 Å². The third kappa shape index (κ3) is 3.45. The number of halogens is 1. The van der Waals surface area contributed by atoms with E-state index in [-0.39, 0.29) is 12.1 Å². The Morgan fingerprint density at radius 1 is 1.43 bits per heavy atom. The number of anilines is 1. The van der Waals surface area contributed by atoms with Crippen LogP contribution in [-0.2, 0) is 5.54 Å². The quantitative estimate of drug-likeness (QED) is 0.716. The number of allylic oxidation sites excluding steroid dienone is 1. The van der Waals surface area contributed by atoms with Crippen molar-refractivity contribution >= 4 is 35.2 Å². The van der Waals surface area contributed by atoms with Crippen LogP contribution in [0.15, 0.2) is 33.7 Å². The lowest BCUT2D eigenvalue weighted by atomic mass is 9.64. The second-order valence-corrected chi connectivity index (χ2v) is 8.49. The second-order valence-electron chi connectivity index (χ2n) is 8.08. The molecular weight excluding hydrogens is 404 g/mol. The highest BCUT2D eigenvalue weighted by atomic mass is 35.5. The minimum atomic E-state index is -0.542. The SMILES string of the molecule is CN=C/C=C(\N)c1cc(NC(=O)N2C3C[C@@H](C)CC2(c2nnc(C)o2)C3)ccc1Cl. The van der Waals surface area contributed by atoms with Crippen LogP contribution in [0.5, 0.6) is 0 Å². The lowest BCUT2D eigenvalue weighted by molar-refractivity contribution is -0.110. The summed E-state index contributed by atoms with van der Waals surface area (Å²) in [4.78, 5) is 19.0. The number of aryl methyl sites for hydroxylation is 1. The highest BCUT2D eigenvalue weighted by Crippen LogP contribution is 2.55. The molecule has 3 N–H and O–H groups in total. The predicted octanol–water partition coefficient (Wildman–Crippen LogP) is 3.96. The summed E-state index contributed by atoms with van der Waals surface area (Å²) in [7, 11) is 1.66. The topological polar surface area (TPSA) is 110 Å². The summed E-state index contributed by atoms with van der Waals surface area (Å²) >= 11 is 6.29. The molecule has 0 aliphatic carbocycles. The lowest BCUT2D eigenvalue weighted by Gasteiger charge is -2.61. The zero-order valence-corrected chi connectivity index (χ0v) is 18.0. The zero-order chi connectivity index (χ0) is 21.5. The number of urea groups is 1. The summed E-state index contributed by atoms with van der Waals surface area (Å²) in [6.45, 7) is 3.95. The molecule has 4 rings (SSSR count). The van der Waals surface area contributed by atoms with Crippen molar-refractivity contribution in [1.82, 2.24) is 15.1 Å². The molecule has 2 fully saturated rings. The van der Waals surface area contributed by atoms with Gasteiger partial charge in [-0.15, -0.1) is 10.2 Å². The van der Waals surface area contributed by atoms with Crippen LogP contribution in [0.1, 0.15) is 43.5 Å². The molecule has 2 aromatic rings. The maximum Gasteiger partial charge on any atom is 0.323 e. The number of hydrogen-bond donors (Lipinski definition) is 2. The molecule has 2 amide bonds. The van der Waals surface area contributed by atoms with Crippen LogP contribution in [0.2, 0.25) is 5.02 Å². The molecule has 2 saturated heterocycles. The highest BCUT2D eigenvalue weighted by molar-refractivity contribution is 6.32. The average Bonchev–Trinajstić information content (AvgIpc) is 3.13. The molecule has 2 unspecified atom stereocenters. The third-order valence-corrected chi connectivity index (χ3v) is 6.16. The van der Waals surface area contributed by atoms with E-state index in [0.717, 1.165) is 19.3 Å². The molecule has 158 valence electrons. The van der Waals surface area contributed by atoms with Gasteiger partial charge in [0.2, 0.25) is 11.8 Å². The van der Waals surface area contributed by atoms with E-state index in [1.54, 1.807) is 44.5 Å². The Balaban J connectivity index is 1.59. The van der Waals surface area contributed by atoms with Crippen molar-refractivity contribution in [2.45, 2.75) is 44.7 Å².